The minimum absolute atomic E-state index is 0.350. The minimum Gasteiger partial charge on any atom is -0.481 e. The molecule has 2 heterocycles. The lowest BCUT2D eigenvalue weighted by Crippen LogP contribution is -2.41. The third-order valence-electron chi connectivity index (χ3n) is 4.54. The molecule has 1 fully saturated rings. The number of pyridine rings is 1. The van der Waals surface area contributed by atoms with Gasteiger partial charge in [0.2, 0.25) is 11.8 Å². The highest BCUT2D eigenvalue weighted by Crippen LogP contribution is 2.36. The van der Waals surface area contributed by atoms with Crippen molar-refractivity contribution in [3.8, 4) is 17.5 Å². The summed E-state index contributed by atoms with van der Waals surface area (Å²) in [5.41, 5.74) is 0.258. The van der Waals surface area contributed by atoms with Crippen LogP contribution >= 0.6 is 0 Å². The van der Waals surface area contributed by atoms with Gasteiger partial charge in [0.05, 0.1) is 18.3 Å². The quantitative estimate of drug-likeness (QED) is 0.807. The predicted octanol–water partition coefficient (Wildman–Crippen LogP) is 3.18. The molecule has 1 aliphatic rings. The number of rotatable bonds is 4. The molecule has 0 amide bonds. The van der Waals surface area contributed by atoms with Gasteiger partial charge in [0, 0.05) is 12.1 Å². The van der Waals surface area contributed by atoms with Crippen LogP contribution in [0.3, 0.4) is 0 Å². The summed E-state index contributed by atoms with van der Waals surface area (Å²) in [7, 11) is 1.20. The Morgan fingerprint density at radius 3 is 2.04 bits per heavy atom. The topological polar surface area (TPSA) is 49.8 Å². The maximum Gasteiger partial charge on any atom is 0.494 e. The lowest BCUT2D eigenvalue weighted by molar-refractivity contribution is 0.00578. The first-order valence-corrected chi connectivity index (χ1v) is 7.95. The first kappa shape index (κ1) is 16.8. The van der Waals surface area contributed by atoms with Crippen LogP contribution < -0.4 is 14.9 Å². The van der Waals surface area contributed by atoms with Crippen molar-refractivity contribution in [3.05, 3.63) is 42.5 Å². The maximum absolute atomic E-state index is 6.05. The van der Waals surface area contributed by atoms with E-state index >= 15 is 0 Å². The van der Waals surface area contributed by atoms with Crippen molar-refractivity contribution in [2.45, 2.75) is 38.9 Å². The van der Waals surface area contributed by atoms with Gasteiger partial charge in [-0.25, -0.2) is 0 Å². The van der Waals surface area contributed by atoms with Crippen LogP contribution in [0, 0.1) is 0 Å². The fourth-order valence-corrected chi connectivity index (χ4v) is 2.36. The largest absolute Gasteiger partial charge is 0.494 e. The van der Waals surface area contributed by atoms with Gasteiger partial charge in [-0.2, -0.15) is 4.98 Å². The van der Waals surface area contributed by atoms with Crippen LogP contribution in [0.1, 0.15) is 27.7 Å². The predicted molar refractivity (Wildman–Crippen MR) is 93.0 cm³/mol. The zero-order chi connectivity index (χ0) is 17.4. The molecular weight excluding hydrogens is 305 g/mol. The Bertz CT molecular complexity index is 699. The van der Waals surface area contributed by atoms with E-state index in [1.54, 1.807) is 19.2 Å². The molecule has 24 heavy (non-hydrogen) atoms. The highest BCUT2D eigenvalue weighted by Gasteiger charge is 2.51. The second-order valence-corrected chi connectivity index (χ2v) is 6.78. The van der Waals surface area contributed by atoms with Gasteiger partial charge in [0.25, 0.3) is 0 Å². The van der Waals surface area contributed by atoms with Crippen molar-refractivity contribution in [1.82, 2.24) is 4.98 Å². The first-order chi connectivity index (χ1) is 11.3. The number of benzene rings is 1. The van der Waals surface area contributed by atoms with Gasteiger partial charge in [0.1, 0.15) is 5.75 Å². The monoisotopic (exact) mass is 327 g/mol. The van der Waals surface area contributed by atoms with E-state index in [2.05, 4.69) is 4.98 Å². The Labute approximate surface area is 143 Å². The van der Waals surface area contributed by atoms with Crippen molar-refractivity contribution in [2.24, 2.45) is 0 Å². The van der Waals surface area contributed by atoms with E-state index in [9.17, 15) is 0 Å². The zero-order valence-corrected chi connectivity index (χ0v) is 14.7. The molecule has 2 aromatic rings. The number of nitrogens with zero attached hydrogens (tertiary/aromatic N) is 1. The molecule has 1 saturated heterocycles. The van der Waals surface area contributed by atoms with Crippen LogP contribution in [0.15, 0.2) is 42.5 Å². The third-order valence-corrected chi connectivity index (χ3v) is 4.54. The number of aromatic nitrogens is 1. The summed E-state index contributed by atoms with van der Waals surface area (Å²) in [5.74, 6) is 1.69. The lowest BCUT2D eigenvalue weighted by Gasteiger charge is -2.32. The standard InChI is InChI=1S/C18H22BNO4/c1-17(2)18(3,4)24-19(23-17)13-9-11-14(12-10-13)22-16-8-6-7-15(20-16)21-5/h6-12H,1-5H3. The smallest absolute Gasteiger partial charge is 0.481 e. The Balaban J connectivity index is 1.72. The fourth-order valence-electron chi connectivity index (χ4n) is 2.36. The molecule has 0 aliphatic carbocycles. The Hall–Kier alpha value is -2.05. The molecule has 1 aromatic heterocycles. The molecule has 6 heteroatoms. The average Bonchev–Trinajstić information content (AvgIpc) is 2.76. The molecule has 1 aromatic carbocycles. The molecule has 0 saturated carbocycles. The lowest BCUT2D eigenvalue weighted by atomic mass is 9.79. The Morgan fingerprint density at radius 1 is 0.875 bits per heavy atom. The third kappa shape index (κ3) is 3.25. The minimum atomic E-state index is -0.376. The first-order valence-electron chi connectivity index (χ1n) is 7.95. The maximum atomic E-state index is 6.05. The second-order valence-electron chi connectivity index (χ2n) is 6.78. The molecule has 0 radical (unpaired) electrons. The summed E-state index contributed by atoms with van der Waals surface area (Å²) < 4.78 is 22.9. The zero-order valence-electron chi connectivity index (χ0n) is 14.7. The molecule has 1 aliphatic heterocycles. The van der Waals surface area contributed by atoms with Crippen LogP contribution in [0.4, 0.5) is 0 Å². The van der Waals surface area contributed by atoms with E-state index in [0.29, 0.717) is 17.5 Å². The molecular formula is C18H22BNO4. The molecule has 0 spiro atoms. The van der Waals surface area contributed by atoms with E-state index in [0.717, 1.165) is 5.46 Å². The molecule has 0 N–H and O–H groups in total. The van der Waals surface area contributed by atoms with E-state index < -0.39 is 0 Å². The van der Waals surface area contributed by atoms with Crippen molar-refractivity contribution in [3.63, 3.8) is 0 Å². The SMILES string of the molecule is COc1cccc(Oc2ccc(B3OC(C)(C)C(C)(C)O3)cc2)n1. The van der Waals surface area contributed by atoms with E-state index in [4.69, 9.17) is 18.8 Å². The van der Waals surface area contributed by atoms with Crippen molar-refractivity contribution >= 4 is 12.6 Å². The summed E-state index contributed by atoms with van der Waals surface area (Å²) >= 11 is 0. The number of hydrogen-bond donors (Lipinski definition) is 0. The normalized spacial score (nSPS) is 18.5. The van der Waals surface area contributed by atoms with Crippen LogP contribution in [0.25, 0.3) is 0 Å². The Kier molecular flexibility index (Phi) is 4.28. The molecule has 5 nitrogen and oxygen atoms in total. The van der Waals surface area contributed by atoms with E-state index in [1.165, 1.54) is 0 Å². The highest BCUT2D eigenvalue weighted by atomic mass is 16.7. The summed E-state index contributed by atoms with van der Waals surface area (Å²) in [6.45, 7) is 8.16. The van der Waals surface area contributed by atoms with Crippen LogP contribution in [-0.2, 0) is 9.31 Å². The van der Waals surface area contributed by atoms with E-state index in [1.807, 2.05) is 58.0 Å². The molecule has 3 rings (SSSR count). The van der Waals surface area contributed by atoms with Crippen LogP contribution in [-0.4, -0.2) is 30.4 Å². The molecule has 0 bridgehead atoms. The van der Waals surface area contributed by atoms with Crippen molar-refractivity contribution in [2.75, 3.05) is 7.11 Å². The summed E-state index contributed by atoms with van der Waals surface area (Å²) in [5, 5.41) is 0. The van der Waals surface area contributed by atoms with Crippen LogP contribution in [0.5, 0.6) is 17.5 Å². The van der Waals surface area contributed by atoms with Gasteiger partial charge >= 0.3 is 7.12 Å². The highest BCUT2D eigenvalue weighted by molar-refractivity contribution is 6.62. The molecule has 0 unspecified atom stereocenters. The summed E-state index contributed by atoms with van der Waals surface area (Å²) in [6.07, 6.45) is 0. The molecule has 126 valence electrons. The van der Waals surface area contributed by atoms with E-state index in [-0.39, 0.29) is 18.3 Å². The molecule has 0 atom stereocenters. The summed E-state index contributed by atoms with van der Waals surface area (Å²) in [6, 6.07) is 13.0. The van der Waals surface area contributed by atoms with Crippen molar-refractivity contribution < 1.29 is 18.8 Å². The van der Waals surface area contributed by atoms with Gasteiger partial charge in [-0.3, -0.25) is 0 Å². The van der Waals surface area contributed by atoms with Gasteiger partial charge in [-0.05, 0) is 45.3 Å². The fraction of sp³-hybridized carbons (Fsp3) is 0.389. The van der Waals surface area contributed by atoms with Crippen LogP contribution in [0.2, 0.25) is 0 Å². The van der Waals surface area contributed by atoms with Gasteiger partial charge in [-0.1, -0.05) is 18.2 Å². The number of ether oxygens (including phenoxy) is 2. The average molecular weight is 327 g/mol. The number of methoxy groups -OCH3 is 1. The Morgan fingerprint density at radius 2 is 1.46 bits per heavy atom. The van der Waals surface area contributed by atoms with Gasteiger partial charge in [-0.15, -0.1) is 0 Å². The number of hydrogen-bond acceptors (Lipinski definition) is 5. The van der Waals surface area contributed by atoms with Gasteiger partial charge in [0.15, 0.2) is 0 Å². The van der Waals surface area contributed by atoms with Crippen molar-refractivity contribution in [1.29, 1.82) is 0 Å². The summed E-state index contributed by atoms with van der Waals surface area (Å²) in [4.78, 5) is 4.23. The second kappa shape index (κ2) is 6.11. The van der Waals surface area contributed by atoms with Gasteiger partial charge < -0.3 is 18.8 Å².